The highest BCUT2D eigenvalue weighted by Gasteiger charge is 2.38. The molecule has 1 unspecified atom stereocenters. The third-order valence-electron chi connectivity index (χ3n) is 7.69. The molecule has 1 aromatic carbocycles. The van der Waals surface area contributed by atoms with Crippen LogP contribution in [0.5, 0.6) is 0 Å². The lowest BCUT2D eigenvalue weighted by atomic mass is 9.82. The molecular formula is C28H30N6O4. The molecule has 1 aliphatic carbocycles. The van der Waals surface area contributed by atoms with Crippen molar-refractivity contribution in [2.24, 2.45) is 11.8 Å². The first-order valence-electron chi connectivity index (χ1n) is 13.1. The van der Waals surface area contributed by atoms with Crippen LogP contribution >= 0.6 is 0 Å². The van der Waals surface area contributed by atoms with Crippen molar-refractivity contribution in [2.75, 3.05) is 18.1 Å². The van der Waals surface area contributed by atoms with Gasteiger partial charge >= 0.3 is 5.97 Å². The average Bonchev–Trinajstić information content (AvgIpc) is 3.69. The molecule has 4 aromatic rings. The molecular weight excluding hydrogens is 484 g/mol. The molecule has 2 fully saturated rings. The summed E-state index contributed by atoms with van der Waals surface area (Å²) in [6.07, 6.45) is 9.33. The third-order valence-corrected chi connectivity index (χ3v) is 7.69. The van der Waals surface area contributed by atoms with Gasteiger partial charge < -0.3 is 9.84 Å². The Morgan fingerprint density at radius 2 is 1.87 bits per heavy atom. The number of aromatic carboxylic acids is 1. The number of fused-ring (bicyclic) bond motifs is 1. The third kappa shape index (κ3) is 4.56. The first kappa shape index (κ1) is 24.3. The molecule has 2 aliphatic rings. The molecule has 196 valence electrons. The summed E-state index contributed by atoms with van der Waals surface area (Å²) in [6, 6.07) is 11.1. The number of aromatic nitrogens is 5. The lowest BCUT2D eigenvalue weighted by molar-refractivity contribution is -0.124. The molecule has 0 radical (unpaired) electrons. The van der Waals surface area contributed by atoms with Crippen molar-refractivity contribution >= 4 is 23.3 Å². The quantitative estimate of drug-likeness (QED) is 0.409. The maximum atomic E-state index is 13.8. The molecule has 0 spiro atoms. The number of rotatable bonds is 6. The van der Waals surface area contributed by atoms with E-state index in [2.05, 4.69) is 22.1 Å². The fraction of sp³-hybridized carbons (Fsp3) is 0.393. The second kappa shape index (κ2) is 10.0. The van der Waals surface area contributed by atoms with Crippen LogP contribution in [0.2, 0.25) is 0 Å². The van der Waals surface area contributed by atoms with Crippen molar-refractivity contribution < 1.29 is 19.4 Å². The number of hydrogen-bond acceptors (Lipinski definition) is 6. The second-order valence-electron chi connectivity index (χ2n) is 10.3. The molecule has 1 saturated heterocycles. The van der Waals surface area contributed by atoms with Gasteiger partial charge in [0.15, 0.2) is 11.5 Å². The zero-order valence-electron chi connectivity index (χ0n) is 21.2. The molecule has 1 atom stereocenters. The highest BCUT2D eigenvalue weighted by atomic mass is 16.5. The van der Waals surface area contributed by atoms with Crippen LogP contribution in [0.1, 0.15) is 49.4 Å². The van der Waals surface area contributed by atoms with Gasteiger partial charge in [0.05, 0.1) is 24.0 Å². The molecule has 1 saturated carbocycles. The first-order valence-corrected chi connectivity index (χ1v) is 13.1. The molecule has 3 aromatic heterocycles. The van der Waals surface area contributed by atoms with Crippen LogP contribution in [0.3, 0.4) is 0 Å². The highest BCUT2D eigenvalue weighted by Crippen LogP contribution is 2.34. The van der Waals surface area contributed by atoms with Crippen LogP contribution in [-0.4, -0.2) is 60.6 Å². The Morgan fingerprint density at radius 1 is 1.08 bits per heavy atom. The van der Waals surface area contributed by atoms with Crippen molar-refractivity contribution in [2.45, 2.75) is 45.1 Å². The lowest BCUT2D eigenvalue weighted by Gasteiger charge is -2.33. The number of anilines is 1. The summed E-state index contributed by atoms with van der Waals surface area (Å²) in [5, 5.41) is 19.3. The number of carboxylic acid groups (broad SMARTS) is 1. The van der Waals surface area contributed by atoms with Crippen molar-refractivity contribution in [3.05, 3.63) is 60.6 Å². The van der Waals surface area contributed by atoms with E-state index in [0.29, 0.717) is 31.2 Å². The SMILES string of the molecule is C[C@H]1CC[C@H](C(=O)N(c2nn(-c3ccc(-c4cc5ncccn5n4)cc3)cc2C(=O)O)C2CCOC2)CC1. The van der Waals surface area contributed by atoms with E-state index < -0.39 is 5.97 Å². The van der Waals surface area contributed by atoms with E-state index in [0.717, 1.165) is 42.6 Å². The predicted molar refractivity (Wildman–Crippen MR) is 140 cm³/mol. The van der Waals surface area contributed by atoms with E-state index in [-0.39, 0.29) is 29.2 Å². The summed E-state index contributed by atoms with van der Waals surface area (Å²) in [7, 11) is 0. The molecule has 38 heavy (non-hydrogen) atoms. The Bertz CT molecular complexity index is 1430. The number of nitrogens with zero attached hydrogens (tertiary/aromatic N) is 6. The highest BCUT2D eigenvalue weighted by molar-refractivity contribution is 6.02. The Labute approximate surface area is 219 Å². The molecule has 1 amide bonds. The normalized spacial score (nSPS) is 21.6. The fourth-order valence-corrected chi connectivity index (χ4v) is 5.47. The molecule has 10 heteroatoms. The van der Waals surface area contributed by atoms with Crippen LogP contribution in [0.4, 0.5) is 5.82 Å². The number of hydrogen-bond donors (Lipinski definition) is 1. The van der Waals surface area contributed by atoms with E-state index in [9.17, 15) is 14.7 Å². The summed E-state index contributed by atoms with van der Waals surface area (Å²) in [6.45, 7) is 3.13. The van der Waals surface area contributed by atoms with Gasteiger partial charge in [0, 0.05) is 42.7 Å². The van der Waals surface area contributed by atoms with Crippen LogP contribution in [0.15, 0.2) is 55.0 Å². The number of carbonyl (C=O) groups excluding carboxylic acids is 1. The number of ether oxygens (including phenoxy) is 1. The molecule has 6 rings (SSSR count). The Balaban J connectivity index is 1.33. The summed E-state index contributed by atoms with van der Waals surface area (Å²) in [5.74, 6) is -0.495. The van der Waals surface area contributed by atoms with Crippen LogP contribution in [-0.2, 0) is 9.53 Å². The minimum absolute atomic E-state index is 0.00456. The minimum atomic E-state index is -1.12. The van der Waals surface area contributed by atoms with Gasteiger partial charge in [-0.1, -0.05) is 19.1 Å². The summed E-state index contributed by atoms with van der Waals surface area (Å²) in [5.41, 5.74) is 3.12. The molecule has 1 aliphatic heterocycles. The predicted octanol–water partition coefficient (Wildman–Crippen LogP) is 4.23. The van der Waals surface area contributed by atoms with Crippen molar-refractivity contribution in [3.8, 4) is 16.9 Å². The standard InChI is InChI=1S/C28H30N6O4/c1-18-3-5-20(6-4-18)27(35)34(22-11-14-38-17-22)26-23(28(36)37)16-33(31-26)21-9-7-19(8-10-21)24-15-25-29-12-2-13-32(25)30-24/h2,7-10,12-13,15-16,18,20,22H,3-6,11,14,17H2,1H3,(H,36,37)/t18-,20-,22?. The molecule has 1 N–H and O–H groups in total. The number of carboxylic acids is 1. The van der Waals surface area contributed by atoms with Gasteiger partial charge in [-0.25, -0.2) is 19.0 Å². The number of benzene rings is 1. The second-order valence-corrected chi connectivity index (χ2v) is 10.3. The van der Waals surface area contributed by atoms with Gasteiger partial charge in [0.1, 0.15) is 5.56 Å². The van der Waals surface area contributed by atoms with Gasteiger partial charge in [-0.05, 0) is 56.2 Å². The molecule has 4 heterocycles. The Morgan fingerprint density at radius 3 is 2.55 bits per heavy atom. The maximum absolute atomic E-state index is 13.8. The van der Waals surface area contributed by atoms with Gasteiger partial charge in [-0.15, -0.1) is 5.10 Å². The van der Waals surface area contributed by atoms with Crippen LogP contribution < -0.4 is 4.90 Å². The van der Waals surface area contributed by atoms with Crippen molar-refractivity contribution in [1.29, 1.82) is 0 Å². The van der Waals surface area contributed by atoms with Crippen LogP contribution in [0.25, 0.3) is 22.6 Å². The lowest BCUT2D eigenvalue weighted by Crippen LogP contribution is -2.46. The van der Waals surface area contributed by atoms with E-state index in [1.165, 1.54) is 10.9 Å². The smallest absolute Gasteiger partial charge is 0.341 e. The summed E-state index contributed by atoms with van der Waals surface area (Å²) in [4.78, 5) is 32.0. The van der Waals surface area contributed by atoms with Crippen molar-refractivity contribution in [3.63, 3.8) is 0 Å². The van der Waals surface area contributed by atoms with Crippen LogP contribution in [0, 0.1) is 11.8 Å². The van der Waals surface area contributed by atoms with Crippen molar-refractivity contribution in [1.82, 2.24) is 24.4 Å². The summed E-state index contributed by atoms with van der Waals surface area (Å²) >= 11 is 0. The first-order chi connectivity index (χ1) is 18.5. The number of amides is 1. The van der Waals surface area contributed by atoms with Gasteiger partial charge in [0.2, 0.25) is 5.91 Å². The molecule has 10 nitrogen and oxygen atoms in total. The van der Waals surface area contributed by atoms with E-state index in [4.69, 9.17) is 4.74 Å². The average molecular weight is 515 g/mol. The van der Waals surface area contributed by atoms with Gasteiger partial charge in [-0.2, -0.15) is 5.10 Å². The van der Waals surface area contributed by atoms with E-state index in [1.807, 2.05) is 42.6 Å². The zero-order chi connectivity index (χ0) is 26.2. The van der Waals surface area contributed by atoms with E-state index in [1.54, 1.807) is 15.6 Å². The fourth-order valence-electron chi connectivity index (χ4n) is 5.47. The topological polar surface area (TPSA) is 115 Å². The van der Waals surface area contributed by atoms with E-state index >= 15 is 0 Å². The number of carbonyl (C=O) groups is 2. The van der Waals surface area contributed by atoms with Gasteiger partial charge in [-0.3, -0.25) is 9.69 Å². The summed E-state index contributed by atoms with van der Waals surface area (Å²) < 4.78 is 8.85. The monoisotopic (exact) mass is 514 g/mol. The maximum Gasteiger partial charge on any atom is 0.341 e. The largest absolute Gasteiger partial charge is 0.477 e. The minimum Gasteiger partial charge on any atom is -0.477 e. The Hall–Kier alpha value is -4.05. The van der Waals surface area contributed by atoms with Gasteiger partial charge in [0.25, 0.3) is 0 Å². The molecule has 0 bridgehead atoms. The Kier molecular flexibility index (Phi) is 6.40. The zero-order valence-corrected chi connectivity index (χ0v) is 21.2.